The number of rotatable bonds is 3. The molecule has 1 aliphatic carbocycles. The van der Waals surface area contributed by atoms with Crippen LogP contribution in [-0.2, 0) is 9.59 Å². The van der Waals surface area contributed by atoms with E-state index in [1.54, 1.807) is 4.90 Å². The zero-order valence-corrected chi connectivity index (χ0v) is 12.9. The van der Waals surface area contributed by atoms with E-state index >= 15 is 0 Å². The van der Waals surface area contributed by atoms with Crippen molar-refractivity contribution in [3.05, 3.63) is 29.8 Å². The Morgan fingerprint density at radius 3 is 2.43 bits per heavy atom. The number of halogens is 2. The highest BCUT2D eigenvalue weighted by atomic mass is 19.2. The third-order valence-corrected chi connectivity index (χ3v) is 4.45. The fourth-order valence-corrected chi connectivity index (χ4v) is 2.83. The lowest BCUT2D eigenvalue weighted by atomic mass is 10.2. The van der Waals surface area contributed by atoms with Crippen LogP contribution in [0.1, 0.15) is 6.42 Å². The van der Waals surface area contributed by atoms with Crippen LogP contribution in [0.4, 0.5) is 14.5 Å². The number of benzene rings is 1. The average Bonchev–Trinajstić information content (AvgIpc) is 3.32. The molecule has 1 aliphatic heterocycles. The van der Waals surface area contributed by atoms with Gasteiger partial charge in [0.15, 0.2) is 11.6 Å². The Morgan fingerprint density at radius 1 is 1.09 bits per heavy atom. The fourth-order valence-electron chi connectivity index (χ4n) is 2.83. The maximum absolute atomic E-state index is 13.1. The summed E-state index contributed by atoms with van der Waals surface area (Å²) in [5.41, 5.74) is 0.201. The van der Waals surface area contributed by atoms with Crippen LogP contribution < -0.4 is 5.32 Å². The van der Waals surface area contributed by atoms with Gasteiger partial charge in [0.2, 0.25) is 11.8 Å². The van der Waals surface area contributed by atoms with E-state index in [1.165, 1.54) is 6.07 Å². The lowest BCUT2D eigenvalue weighted by Gasteiger charge is -2.32. The Kier molecular flexibility index (Phi) is 4.30. The van der Waals surface area contributed by atoms with E-state index in [2.05, 4.69) is 10.2 Å². The van der Waals surface area contributed by atoms with Crippen molar-refractivity contribution in [3.8, 4) is 0 Å². The van der Waals surface area contributed by atoms with E-state index in [-0.39, 0.29) is 29.3 Å². The van der Waals surface area contributed by atoms with Crippen LogP contribution in [0.3, 0.4) is 0 Å². The van der Waals surface area contributed by atoms with Crippen molar-refractivity contribution in [2.75, 3.05) is 38.5 Å². The van der Waals surface area contributed by atoms with E-state index < -0.39 is 11.6 Å². The number of anilines is 1. The Hall–Kier alpha value is -2.02. The van der Waals surface area contributed by atoms with Crippen LogP contribution >= 0.6 is 0 Å². The molecule has 2 atom stereocenters. The molecule has 1 N–H and O–H groups in total. The number of carbonyl (C=O) groups excluding carboxylic acids is 2. The third-order valence-electron chi connectivity index (χ3n) is 4.45. The lowest BCUT2D eigenvalue weighted by Crippen LogP contribution is -2.48. The molecule has 2 amide bonds. The van der Waals surface area contributed by atoms with Gasteiger partial charge in [-0.2, -0.15) is 0 Å². The summed E-state index contributed by atoms with van der Waals surface area (Å²) in [7, 11) is 2.01. The summed E-state index contributed by atoms with van der Waals surface area (Å²) in [6, 6.07) is 3.20. The number of nitrogens with zero attached hydrogens (tertiary/aromatic N) is 2. The van der Waals surface area contributed by atoms with Gasteiger partial charge in [0.1, 0.15) is 0 Å². The van der Waals surface area contributed by atoms with Crippen molar-refractivity contribution in [2.45, 2.75) is 6.42 Å². The number of amides is 2. The molecule has 124 valence electrons. The van der Waals surface area contributed by atoms with Gasteiger partial charge in [-0.05, 0) is 25.6 Å². The molecule has 1 aromatic carbocycles. The third kappa shape index (κ3) is 3.50. The number of likely N-dealkylation sites (N-methyl/N-ethyl adjacent to an activating group) is 1. The minimum atomic E-state index is -1.01. The van der Waals surface area contributed by atoms with Crippen molar-refractivity contribution in [1.82, 2.24) is 9.80 Å². The maximum Gasteiger partial charge on any atom is 0.228 e. The van der Waals surface area contributed by atoms with Crippen molar-refractivity contribution in [2.24, 2.45) is 11.8 Å². The molecule has 2 aliphatic rings. The quantitative estimate of drug-likeness (QED) is 0.913. The second-order valence-electron chi connectivity index (χ2n) is 6.20. The minimum Gasteiger partial charge on any atom is -0.340 e. The SMILES string of the molecule is CN1CCN(C(=O)C2CC2C(=O)Nc2ccc(F)c(F)c2)CC1. The molecule has 7 heteroatoms. The molecule has 0 aromatic heterocycles. The number of piperazine rings is 1. The molecule has 5 nitrogen and oxygen atoms in total. The van der Waals surface area contributed by atoms with E-state index in [1.807, 2.05) is 7.05 Å². The standard InChI is InChI=1S/C16H19F2N3O2/c1-20-4-6-21(7-5-20)16(23)12-9-11(12)15(22)19-10-2-3-13(17)14(18)8-10/h2-3,8,11-12H,4-7,9H2,1H3,(H,19,22). The molecule has 3 rings (SSSR count). The van der Waals surface area contributed by atoms with Gasteiger partial charge >= 0.3 is 0 Å². The molecule has 0 bridgehead atoms. The summed E-state index contributed by atoms with van der Waals surface area (Å²) >= 11 is 0. The predicted molar refractivity (Wildman–Crippen MR) is 80.7 cm³/mol. The molecule has 1 saturated carbocycles. The zero-order valence-electron chi connectivity index (χ0n) is 12.9. The molecule has 0 radical (unpaired) electrons. The molecule has 1 aromatic rings. The molecule has 2 fully saturated rings. The van der Waals surface area contributed by atoms with E-state index in [9.17, 15) is 18.4 Å². The van der Waals surface area contributed by atoms with Crippen LogP contribution in [0.2, 0.25) is 0 Å². The molecule has 1 saturated heterocycles. The maximum atomic E-state index is 13.1. The minimum absolute atomic E-state index is 0.0172. The topological polar surface area (TPSA) is 52.7 Å². The Labute approximate surface area is 133 Å². The Morgan fingerprint density at radius 2 is 1.78 bits per heavy atom. The Balaban J connectivity index is 1.54. The molecular weight excluding hydrogens is 304 g/mol. The molecular formula is C16H19F2N3O2. The summed E-state index contributed by atoms with van der Waals surface area (Å²) in [6.07, 6.45) is 0.515. The van der Waals surface area contributed by atoms with Gasteiger partial charge < -0.3 is 15.1 Å². The highest BCUT2D eigenvalue weighted by Crippen LogP contribution is 2.41. The normalized spacial score (nSPS) is 24.4. The van der Waals surface area contributed by atoms with Crippen LogP contribution in [0.25, 0.3) is 0 Å². The van der Waals surface area contributed by atoms with E-state index in [0.717, 1.165) is 25.2 Å². The van der Waals surface area contributed by atoms with Gasteiger partial charge in [0.05, 0.1) is 11.8 Å². The highest BCUT2D eigenvalue weighted by Gasteiger charge is 2.49. The first-order valence-corrected chi connectivity index (χ1v) is 7.69. The van der Waals surface area contributed by atoms with E-state index in [4.69, 9.17) is 0 Å². The molecule has 23 heavy (non-hydrogen) atoms. The first-order valence-electron chi connectivity index (χ1n) is 7.69. The summed E-state index contributed by atoms with van der Waals surface area (Å²) in [6.45, 7) is 3.04. The van der Waals surface area contributed by atoms with Crippen LogP contribution in [0.15, 0.2) is 18.2 Å². The summed E-state index contributed by atoms with van der Waals surface area (Å²) < 4.78 is 26.0. The second-order valence-corrected chi connectivity index (χ2v) is 6.20. The first kappa shape index (κ1) is 15.9. The number of hydrogen-bond acceptors (Lipinski definition) is 3. The highest BCUT2D eigenvalue weighted by molar-refractivity contribution is 5.99. The van der Waals surface area contributed by atoms with Crippen molar-refractivity contribution < 1.29 is 18.4 Å². The lowest BCUT2D eigenvalue weighted by molar-refractivity contribution is -0.135. The van der Waals surface area contributed by atoms with Gasteiger partial charge in [0.25, 0.3) is 0 Å². The van der Waals surface area contributed by atoms with E-state index in [0.29, 0.717) is 19.5 Å². The summed E-state index contributed by atoms with van der Waals surface area (Å²) in [4.78, 5) is 28.4. The van der Waals surface area contributed by atoms with Crippen molar-refractivity contribution in [3.63, 3.8) is 0 Å². The smallest absolute Gasteiger partial charge is 0.228 e. The monoisotopic (exact) mass is 323 g/mol. The predicted octanol–water partition coefficient (Wildman–Crippen LogP) is 1.31. The van der Waals surface area contributed by atoms with Gasteiger partial charge in [-0.15, -0.1) is 0 Å². The van der Waals surface area contributed by atoms with Gasteiger partial charge in [-0.25, -0.2) is 8.78 Å². The van der Waals surface area contributed by atoms with Gasteiger partial charge in [-0.1, -0.05) is 0 Å². The van der Waals surface area contributed by atoms with Crippen LogP contribution in [0.5, 0.6) is 0 Å². The van der Waals surface area contributed by atoms with Crippen LogP contribution in [-0.4, -0.2) is 54.8 Å². The summed E-state index contributed by atoms with van der Waals surface area (Å²) in [5.74, 6) is -2.94. The second kappa shape index (κ2) is 6.23. The van der Waals surface area contributed by atoms with Gasteiger partial charge in [0, 0.05) is 37.9 Å². The Bertz CT molecular complexity index is 630. The first-order chi connectivity index (χ1) is 11.0. The number of hydrogen-bond donors (Lipinski definition) is 1. The molecule has 0 spiro atoms. The zero-order chi connectivity index (χ0) is 16.6. The summed E-state index contributed by atoms with van der Waals surface area (Å²) in [5, 5.41) is 2.54. The fraction of sp³-hybridized carbons (Fsp3) is 0.500. The molecule has 2 unspecified atom stereocenters. The largest absolute Gasteiger partial charge is 0.340 e. The van der Waals surface area contributed by atoms with Crippen molar-refractivity contribution in [1.29, 1.82) is 0 Å². The van der Waals surface area contributed by atoms with Gasteiger partial charge in [-0.3, -0.25) is 9.59 Å². The number of nitrogens with one attached hydrogen (secondary N) is 1. The van der Waals surface area contributed by atoms with Crippen molar-refractivity contribution >= 4 is 17.5 Å². The van der Waals surface area contributed by atoms with Crippen LogP contribution in [0, 0.1) is 23.5 Å². The molecule has 1 heterocycles. The average molecular weight is 323 g/mol. The number of carbonyl (C=O) groups is 2.